The van der Waals surface area contributed by atoms with Crippen molar-refractivity contribution in [3.05, 3.63) is 53.6 Å². The van der Waals surface area contributed by atoms with Crippen molar-refractivity contribution < 1.29 is 4.74 Å². The molecule has 118 valence electrons. The predicted octanol–water partition coefficient (Wildman–Crippen LogP) is 4.61. The van der Waals surface area contributed by atoms with Crippen LogP contribution in [0.3, 0.4) is 0 Å². The van der Waals surface area contributed by atoms with E-state index < -0.39 is 0 Å². The highest BCUT2D eigenvalue weighted by atomic mass is 16.5. The standard InChI is InChI=1S/C19H26N2O/c1-14(2)22-18-10-8-17(9-11-18)20-12-13-21-19-7-5-6-15(3)16(19)4/h5-11,14,20-21H,12-13H2,1-4H3. The van der Waals surface area contributed by atoms with Gasteiger partial charge in [-0.2, -0.15) is 0 Å². The summed E-state index contributed by atoms with van der Waals surface area (Å²) in [5, 5.41) is 6.89. The molecule has 2 rings (SSSR count). The number of hydrogen-bond donors (Lipinski definition) is 2. The molecule has 0 unspecified atom stereocenters. The lowest BCUT2D eigenvalue weighted by atomic mass is 10.1. The maximum atomic E-state index is 5.64. The lowest BCUT2D eigenvalue weighted by Crippen LogP contribution is -2.14. The number of hydrogen-bond acceptors (Lipinski definition) is 3. The lowest BCUT2D eigenvalue weighted by Gasteiger charge is -2.13. The summed E-state index contributed by atoms with van der Waals surface area (Å²) in [6.45, 7) is 10.1. The molecule has 3 heteroatoms. The van der Waals surface area contributed by atoms with Crippen LogP contribution < -0.4 is 15.4 Å². The summed E-state index contributed by atoms with van der Waals surface area (Å²) in [5.41, 5.74) is 4.96. The zero-order chi connectivity index (χ0) is 15.9. The Kier molecular flexibility index (Phi) is 5.70. The van der Waals surface area contributed by atoms with Crippen LogP contribution in [0.4, 0.5) is 11.4 Å². The number of rotatable bonds is 7. The molecule has 0 radical (unpaired) electrons. The molecule has 0 bridgehead atoms. The molecule has 0 aromatic heterocycles. The molecular weight excluding hydrogens is 272 g/mol. The SMILES string of the molecule is Cc1cccc(NCCNc2ccc(OC(C)C)cc2)c1C. The van der Waals surface area contributed by atoms with Gasteiger partial charge in [0.2, 0.25) is 0 Å². The van der Waals surface area contributed by atoms with Crippen LogP contribution in [0.5, 0.6) is 5.75 Å². The smallest absolute Gasteiger partial charge is 0.119 e. The van der Waals surface area contributed by atoms with Crippen LogP contribution in [0.2, 0.25) is 0 Å². The van der Waals surface area contributed by atoms with Crippen molar-refractivity contribution in [2.24, 2.45) is 0 Å². The molecule has 22 heavy (non-hydrogen) atoms. The third-order valence-electron chi connectivity index (χ3n) is 3.60. The molecule has 0 aliphatic heterocycles. The summed E-state index contributed by atoms with van der Waals surface area (Å²) in [6.07, 6.45) is 0.209. The monoisotopic (exact) mass is 298 g/mol. The van der Waals surface area contributed by atoms with Gasteiger partial charge in [-0.25, -0.2) is 0 Å². The van der Waals surface area contributed by atoms with Crippen LogP contribution in [-0.4, -0.2) is 19.2 Å². The first kappa shape index (κ1) is 16.2. The Morgan fingerprint density at radius 2 is 1.59 bits per heavy atom. The van der Waals surface area contributed by atoms with Crippen molar-refractivity contribution in [2.75, 3.05) is 23.7 Å². The number of anilines is 2. The highest BCUT2D eigenvalue weighted by Gasteiger charge is 2.00. The van der Waals surface area contributed by atoms with Gasteiger partial charge in [-0.3, -0.25) is 0 Å². The molecular formula is C19H26N2O. The van der Waals surface area contributed by atoms with Gasteiger partial charge in [0, 0.05) is 24.5 Å². The summed E-state index contributed by atoms with van der Waals surface area (Å²) >= 11 is 0. The van der Waals surface area contributed by atoms with Crippen LogP contribution >= 0.6 is 0 Å². The Balaban J connectivity index is 1.78. The molecule has 0 fully saturated rings. The first-order valence-corrected chi connectivity index (χ1v) is 7.87. The third kappa shape index (κ3) is 4.69. The van der Waals surface area contributed by atoms with Crippen molar-refractivity contribution in [2.45, 2.75) is 33.8 Å². The van der Waals surface area contributed by atoms with E-state index in [1.807, 2.05) is 26.0 Å². The summed E-state index contributed by atoms with van der Waals surface area (Å²) < 4.78 is 5.64. The minimum atomic E-state index is 0.209. The Morgan fingerprint density at radius 3 is 2.27 bits per heavy atom. The molecule has 3 nitrogen and oxygen atoms in total. The maximum Gasteiger partial charge on any atom is 0.119 e. The van der Waals surface area contributed by atoms with E-state index in [9.17, 15) is 0 Å². The number of aryl methyl sites for hydroxylation is 1. The van der Waals surface area contributed by atoms with Crippen LogP contribution in [0.1, 0.15) is 25.0 Å². The van der Waals surface area contributed by atoms with E-state index in [2.05, 4.69) is 54.8 Å². The average molecular weight is 298 g/mol. The Morgan fingerprint density at radius 1 is 0.909 bits per heavy atom. The number of nitrogens with one attached hydrogen (secondary N) is 2. The molecule has 0 saturated carbocycles. The van der Waals surface area contributed by atoms with E-state index in [-0.39, 0.29) is 6.10 Å². The highest BCUT2D eigenvalue weighted by Crippen LogP contribution is 2.18. The average Bonchev–Trinajstić information content (AvgIpc) is 2.49. The molecule has 0 saturated heterocycles. The van der Waals surface area contributed by atoms with Gasteiger partial charge in [-0.15, -0.1) is 0 Å². The fourth-order valence-corrected chi connectivity index (χ4v) is 2.27. The number of ether oxygens (including phenoxy) is 1. The predicted molar refractivity (Wildman–Crippen MR) is 95.1 cm³/mol. The topological polar surface area (TPSA) is 33.3 Å². The van der Waals surface area contributed by atoms with Gasteiger partial charge in [0.05, 0.1) is 6.10 Å². The van der Waals surface area contributed by atoms with Crippen molar-refractivity contribution in [1.29, 1.82) is 0 Å². The molecule has 0 aliphatic rings. The third-order valence-corrected chi connectivity index (χ3v) is 3.60. The molecule has 0 aliphatic carbocycles. The van der Waals surface area contributed by atoms with E-state index in [4.69, 9.17) is 4.74 Å². The minimum Gasteiger partial charge on any atom is -0.491 e. The normalized spacial score (nSPS) is 10.6. The van der Waals surface area contributed by atoms with Crippen LogP contribution in [0.15, 0.2) is 42.5 Å². The Labute approximate surface area is 133 Å². The van der Waals surface area contributed by atoms with Crippen molar-refractivity contribution in [3.63, 3.8) is 0 Å². The maximum absolute atomic E-state index is 5.64. The van der Waals surface area contributed by atoms with Crippen molar-refractivity contribution in [1.82, 2.24) is 0 Å². The second-order valence-corrected chi connectivity index (χ2v) is 5.79. The van der Waals surface area contributed by atoms with Crippen molar-refractivity contribution >= 4 is 11.4 Å². The summed E-state index contributed by atoms with van der Waals surface area (Å²) in [7, 11) is 0. The quantitative estimate of drug-likeness (QED) is 0.732. The second kappa shape index (κ2) is 7.74. The molecule has 2 aromatic rings. The Bertz CT molecular complexity index is 591. The van der Waals surface area contributed by atoms with Gasteiger partial charge >= 0.3 is 0 Å². The molecule has 0 heterocycles. The van der Waals surface area contributed by atoms with Gasteiger partial charge in [0.15, 0.2) is 0 Å². The van der Waals surface area contributed by atoms with Gasteiger partial charge < -0.3 is 15.4 Å². The molecule has 2 aromatic carbocycles. The fraction of sp³-hybridized carbons (Fsp3) is 0.368. The van der Waals surface area contributed by atoms with E-state index >= 15 is 0 Å². The fourth-order valence-electron chi connectivity index (χ4n) is 2.27. The Hall–Kier alpha value is -2.16. The molecule has 0 spiro atoms. The molecule has 2 N–H and O–H groups in total. The van der Waals surface area contributed by atoms with E-state index in [0.717, 1.165) is 24.5 Å². The zero-order valence-corrected chi connectivity index (χ0v) is 13.9. The van der Waals surface area contributed by atoms with Gasteiger partial charge in [-0.05, 0) is 69.2 Å². The number of benzene rings is 2. The van der Waals surface area contributed by atoms with E-state index in [0.29, 0.717) is 0 Å². The van der Waals surface area contributed by atoms with Crippen LogP contribution in [0, 0.1) is 13.8 Å². The highest BCUT2D eigenvalue weighted by molar-refractivity contribution is 5.54. The van der Waals surface area contributed by atoms with E-state index in [1.165, 1.54) is 16.8 Å². The largest absolute Gasteiger partial charge is 0.491 e. The van der Waals surface area contributed by atoms with Crippen LogP contribution in [-0.2, 0) is 0 Å². The lowest BCUT2D eigenvalue weighted by molar-refractivity contribution is 0.242. The molecule has 0 atom stereocenters. The first-order chi connectivity index (χ1) is 10.6. The van der Waals surface area contributed by atoms with Gasteiger partial charge in [-0.1, -0.05) is 12.1 Å². The molecule has 0 amide bonds. The van der Waals surface area contributed by atoms with Gasteiger partial charge in [0.25, 0.3) is 0 Å². The summed E-state index contributed by atoms with van der Waals surface area (Å²) in [4.78, 5) is 0. The van der Waals surface area contributed by atoms with Gasteiger partial charge in [0.1, 0.15) is 5.75 Å². The van der Waals surface area contributed by atoms with Crippen molar-refractivity contribution in [3.8, 4) is 5.75 Å². The van der Waals surface area contributed by atoms with E-state index in [1.54, 1.807) is 0 Å². The summed E-state index contributed by atoms with van der Waals surface area (Å²) in [6, 6.07) is 14.5. The zero-order valence-electron chi connectivity index (χ0n) is 13.9. The minimum absolute atomic E-state index is 0.209. The first-order valence-electron chi connectivity index (χ1n) is 7.87. The second-order valence-electron chi connectivity index (χ2n) is 5.79. The summed E-state index contributed by atoms with van der Waals surface area (Å²) in [5.74, 6) is 0.911. The van der Waals surface area contributed by atoms with Crippen LogP contribution in [0.25, 0.3) is 0 Å².